The maximum Gasteiger partial charge on any atom is 0.241 e. The van der Waals surface area contributed by atoms with E-state index in [4.69, 9.17) is 5.73 Å². The second kappa shape index (κ2) is 6.81. The van der Waals surface area contributed by atoms with E-state index in [1.807, 2.05) is 0 Å². The third-order valence-corrected chi connectivity index (χ3v) is 2.97. The van der Waals surface area contributed by atoms with E-state index in [9.17, 15) is 4.79 Å². The summed E-state index contributed by atoms with van der Waals surface area (Å²) in [6.45, 7) is 2.07. The number of carbonyl (C=O) groups is 1. The van der Waals surface area contributed by atoms with Gasteiger partial charge in [-0.1, -0.05) is 19.8 Å². The summed E-state index contributed by atoms with van der Waals surface area (Å²) in [6.07, 6.45) is 7.73. The minimum Gasteiger partial charge on any atom is -0.322 e. The zero-order valence-electron chi connectivity index (χ0n) is 11.5. The van der Waals surface area contributed by atoms with Gasteiger partial charge in [-0.15, -0.1) is 0 Å². The molecule has 0 aromatic carbocycles. The first kappa shape index (κ1) is 14.2. The lowest BCUT2D eigenvalue weighted by atomic mass is 10.1. The first-order chi connectivity index (χ1) is 9.72. The number of amides is 1. The summed E-state index contributed by atoms with van der Waals surface area (Å²) in [7, 11) is 0. The second-order valence-electron chi connectivity index (χ2n) is 4.56. The van der Waals surface area contributed by atoms with Crippen LogP contribution in [0.3, 0.4) is 0 Å². The van der Waals surface area contributed by atoms with Crippen LogP contribution < -0.4 is 11.1 Å². The van der Waals surface area contributed by atoms with Gasteiger partial charge in [0.2, 0.25) is 5.91 Å². The van der Waals surface area contributed by atoms with Gasteiger partial charge in [0.15, 0.2) is 5.82 Å². The zero-order chi connectivity index (χ0) is 14.4. The van der Waals surface area contributed by atoms with E-state index in [1.165, 1.54) is 0 Å². The van der Waals surface area contributed by atoms with Crippen LogP contribution in [0.4, 0.5) is 5.69 Å². The molecule has 2 heterocycles. The molecule has 0 saturated carbocycles. The maximum atomic E-state index is 12.0. The normalized spacial score (nSPS) is 12.1. The van der Waals surface area contributed by atoms with Crippen LogP contribution in [0.15, 0.2) is 36.8 Å². The van der Waals surface area contributed by atoms with Crippen molar-refractivity contribution < 1.29 is 4.79 Å². The summed E-state index contributed by atoms with van der Waals surface area (Å²) in [6, 6.07) is 4.85. The number of nitrogens with two attached hydrogens (primary N) is 1. The number of unbranched alkanes of at least 4 members (excludes halogenated alkanes) is 1. The summed E-state index contributed by atoms with van der Waals surface area (Å²) < 4.78 is 1.60. The Morgan fingerprint density at radius 2 is 2.30 bits per heavy atom. The number of carbonyl (C=O) groups excluding carboxylic acids is 1. The van der Waals surface area contributed by atoms with Crippen LogP contribution in [0.5, 0.6) is 0 Å². The van der Waals surface area contributed by atoms with Crippen LogP contribution in [-0.4, -0.2) is 26.7 Å². The van der Waals surface area contributed by atoms with Crippen molar-refractivity contribution in [2.45, 2.75) is 32.2 Å². The first-order valence-electron chi connectivity index (χ1n) is 6.74. The van der Waals surface area contributed by atoms with Crippen molar-refractivity contribution in [1.82, 2.24) is 14.8 Å². The minimum atomic E-state index is -0.499. The molecule has 6 heteroatoms. The Morgan fingerprint density at radius 3 is 3.00 bits per heavy atom. The molecule has 0 fully saturated rings. The van der Waals surface area contributed by atoms with Crippen molar-refractivity contribution in [2.75, 3.05) is 5.32 Å². The van der Waals surface area contributed by atoms with E-state index in [0.29, 0.717) is 17.9 Å². The Labute approximate surface area is 118 Å². The van der Waals surface area contributed by atoms with Gasteiger partial charge in [-0.05, 0) is 24.6 Å². The van der Waals surface area contributed by atoms with Gasteiger partial charge in [0, 0.05) is 18.6 Å². The number of nitrogens with zero attached hydrogens (tertiary/aromatic N) is 3. The van der Waals surface area contributed by atoms with E-state index in [1.54, 1.807) is 41.5 Å². The number of rotatable bonds is 6. The summed E-state index contributed by atoms with van der Waals surface area (Å²) in [5.74, 6) is 0.383. The average molecular weight is 273 g/mol. The smallest absolute Gasteiger partial charge is 0.241 e. The molecule has 1 amide bonds. The Bertz CT molecular complexity index is 552. The number of aromatic nitrogens is 3. The zero-order valence-corrected chi connectivity index (χ0v) is 11.5. The number of hydrogen-bond donors (Lipinski definition) is 2. The van der Waals surface area contributed by atoms with Crippen LogP contribution in [-0.2, 0) is 4.79 Å². The minimum absolute atomic E-state index is 0.195. The number of nitrogens with one attached hydrogen (secondary N) is 1. The lowest BCUT2D eigenvalue weighted by molar-refractivity contribution is -0.117. The fourth-order valence-electron chi connectivity index (χ4n) is 1.85. The van der Waals surface area contributed by atoms with Crippen molar-refractivity contribution in [3.8, 4) is 5.82 Å². The SMILES string of the molecule is CCCCC(N)C(=O)Nc1cccnc1-n1cccn1. The lowest BCUT2D eigenvalue weighted by Gasteiger charge is -2.13. The largest absolute Gasteiger partial charge is 0.322 e. The van der Waals surface area contributed by atoms with E-state index in [0.717, 1.165) is 12.8 Å². The van der Waals surface area contributed by atoms with Crippen molar-refractivity contribution in [3.63, 3.8) is 0 Å². The molecule has 0 spiro atoms. The molecular weight excluding hydrogens is 254 g/mol. The molecular formula is C14H19N5O. The maximum absolute atomic E-state index is 12.0. The van der Waals surface area contributed by atoms with Gasteiger partial charge in [0.1, 0.15) is 0 Å². The predicted octanol–water partition coefficient (Wildman–Crippen LogP) is 1.72. The summed E-state index contributed by atoms with van der Waals surface area (Å²) >= 11 is 0. The molecule has 6 nitrogen and oxygen atoms in total. The quantitative estimate of drug-likeness (QED) is 0.839. The topological polar surface area (TPSA) is 85.8 Å². The number of hydrogen-bond acceptors (Lipinski definition) is 4. The van der Waals surface area contributed by atoms with Crippen LogP contribution in [0.25, 0.3) is 5.82 Å². The molecule has 20 heavy (non-hydrogen) atoms. The van der Waals surface area contributed by atoms with Crippen LogP contribution in [0, 0.1) is 0 Å². The second-order valence-corrected chi connectivity index (χ2v) is 4.56. The average Bonchev–Trinajstić information content (AvgIpc) is 2.99. The molecule has 1 atom stereocenters. The monoisotopic (exact) mass is 273 g/mol. The van der Waals surface area contributed by atoms with E-state index < -0.39 is 6.04 Å². The van der Waals surface area contributed by atoms with Crippen LogP contribution in [0.2, 0.25) is 0 Å². The highest BCUT2D eigenvalue weighted by Crippen LogP contribution is 2.16. The van der Waals surface area contributed by atoms with Gasteiger partial charge in [-0.25, -0.2) is 9.67 Å². The highest BCUT2D eigenvalue weighted by Gasteiger charge is 2.15. The van der Waals surface area contributed by atoms with Crippen LogP contribution >= 0.6 is 0 Å². The molecule has 3 N–H and O–H groups in total. The van der Waals surface area contributed by atoms with Crippen molar-refractivity contribution >= 4 is 11.6 Å². The van der Waals surface area contributed by atoms with Crippen molar-refractivity contribution in [2.24, 2.45) is 5.73 Å². The molecule has 0 bridgehead atoms. The molecule has 1 unspecified atom stereocenters. The van der Waals surface area contributed by atoms with Gasteiger partial charge in [-0.3, -0.25) is 4.79 Å². The molecule has 2 aromatic heterocycles. The molecule has 2 aromatic rings. The molecule has 0 saturated heterocycles. The van der Waals surface area contributed by atoms with Gasteiger partial charge in [-0.2, -0.15) is 5.10 Å². The standard InChI is InChI=1S/C14H19N5O/c1-2-3-6-11(15)14(20)18-12-7-4-8-16-13(12)19-10-5-9-17-19/h4-5,7-11H,2-3,6,15H2,1H3,(H,18,20). The van der Waals surface area contributed by atoms with Gasteiger partial charge in [0.05, 0.1) is 11.7 Å². The molecule has 106 valence electrons. The van der Waals surface area contributed by atoms with E-state index in [-0.39, 0.29) is 5.91 Å². The first-order valence-corrected chi connectivity index (χ1v) is 6.74. The third kappa shape index (κ3) is 3.42. The van der Waals surface area contributed by atoms with Gasteiger partial charge >= 0.3 is 0 Å². The van der Waals surface area contributed by atoms with Crippen molar-refractivity contribution in [1.29, 1.82) is 0 Å². The number of anilines is 1. The summed E-state index contributed by atoms with van der Waals surface area (Å²) in [5, 5.41) is 6.94. The third-order valence-electron chi connectivity index (χ3n) is 2.97. The fraction of sp³-hybridized carbons (Fsp3) is 0.357. The van der Waals surface area contributed by atoms with Gasteiger partial charge < -0.3 is 11.1 Å². The lowest BCUT2D eigenvalue weighted by Crippen LogP contribution is -2.35. The molecule has 0 aliphatic heterocycles. The Morgan fingerprint density at radius 1 is 1.45 bits per heavy atom. The fourth-order valence-corrected chi connectivity index (χ4v) is 1.85. The predicted molar refractivity (Wildman–Crippen MR) is 77.5 cm³/mol. The van der Waals surface area contributed by atoms with Crippen molar-refractivity contribution in [3.05, 3.63) is 36.8 Å². The Hall–Kier alpha value is -2.21. The molecule has 0 aliphatic carbocycles. The van der Waals surface area contributed by atoms with E-state index in [2.05, 4.69) is 22.3 Å². The molecule has 2 rings (SSSR count). The summed E-state index contributed by atoms with van der Waals surface area (Å²) in [5.41, 5.74) is 6.47. The highest BCUT2D eigenvalue weighted by molar-refractivity contribution is 5.95. The Kier molecular flexibility index (Phi) is 4.84. The molecule has 0 aliphatic rings. The summed E-state index contributed by atoms with van der Waals surface area (Å²) in [4.78, 5) is 16.3. The van der Waals surface area contributed by atoms with E-state index >= 15 is 0 Å². The number of pyridine rings is 1. The Balaban J connectivity index is 2.12. The van der Waals surface area contributed by atoms with Gasteiger partial charge in [0.25, 0.3) is 0 Å². The molecule has 0 radical (unpaired) electrons. The highest BCUT2D eigenvalue weighted by atomic mass is 16.2. The van der Waals surface area contributed by atoms with Crippen LogP contribution in [0.1, 0.15) is 26.2 Å².